The number of hydrogen-bond donors (Lipinski definition) is 3. The van der Waals surface area contributed by atoms with E-state index in [0.717, 1.165) is 6.42 Å². The van der Waals surface area contributed by atoms with Crippen LogP contribution in [0.1, 0.15) is 28.8 Å². The van der Waals surface area contributed by atoms with E-state index >= 15 is 0 Å². The van der Waals surface area contributed by atoms with Gasteiger partial charge >= 0.3 is 5.97 Å². The zero-order valence-electron chi connectivity index (χ0n) is 11.2. The Labute approximate surface area is 117 Å². The number of nitrogens with two attached hydrogens (primary N) is 1. The number of rotatable bonds is 3. The van der Waals surface area contributed by atoms with Crippen LogP contribution >= 0.6 is 0 Å². The summed E-state index contributed by atoms with van der Waals surface area (Å²) in [5.41, 5.74) is 7.25. The summed E-state index contributed by atoms with van der Waals surface area (Å²) in [7, 11) is -3.00. The number of anilines is 2. The van der Waals surface area contributed by atoms with Gasteiger partial charge in [0.2, 0.25) is 0 Å². The van der Waals surface area contributed by atoms with Crippen LogP contribution in [0.3, 0.4) is 0 Å². The molecule has 0 spiro atoms. The third-order valence-electron chi connectivity index (χ3n) is 3.45. The van der Waals surface area contributed by atoms with Crippen molar-refractivity contribution in [1.29, 1.82) is 0 Å². The maximum absolute atomic E-state index is 11.6. The van der Waals surface area contributed by atoms with Crippen LogP contribution in [0, 0.1) is 6.92 Å². The van der Waals surface area contributed by atoms with Crippen molar-refractivity contribution in [3.8, 4) is 0 Å². The van der Waals surface area contributed by atoms with Gasteiger partial charge in [0.1, 0.15) is 0 Å². The van der Waals surface area contributed by atoms with E-state index in [1.807, 2.05) is 0 Å². The van der Waals surface area contributed by atoms with Gasteiger partial charge in [-0.15, -0.1) is 0 Å². The summed E-state index contributed by atoms with van der Waals surface area (Å²) < 4.78 is 23.2. The molecule has 0 amide bonds. The average molecular weight is 298 g/mol. The van der Waals surface area contributed by atoms with Crippen molar-refractivity contribution in [3.05, 3.63) is 23.3 Å². The summed E-state index contributed by atoms with van der Waals surface area (Å²) in [5, 5.41) is 12.2. The first-order chi connectivity index (χ1) is 9.28. The smallest absolute Gasteiger partial charge is 0.337 e. The van der Waals surface area contributed by atoms with E-state index < -0.39 is 15.8 Å². The highest BCUT2D eigenvalue weighted by Crippen LogP contribution is 2.25. The zero-order chi connectivity index (χ0) is 14.9. The summed E-state index contributed by atoms with van der Waals surface area (Å²) in [5.74, 6) is -0.781. The molecule has 1 fully saturated rings. The number of carbonyl (C=O) groups is 1. The molecule has 1 aliphatic heterocycles. The van der Waals surface area contributed by atoms with Gasteiger partial charge in [0.05, 0.1) is 17.1 Å². The number of aromatic carboxylic acids is 1. The van der Waals surface area contributed by atoms with Gasteiger partial charge in [0, 0.05) is 17.4 Å². The molecular weight excluding hydrogens is 280 g/mol. The van der Waals surface area contributed by atoms with Gasteiger partial charge in [0.15, 0.2) is 9.84 Å². The maximum Gasteiger partial charge on any atom is 0.337 e. The van der Waals surface area contributed by atoms with Gasteiger partial charge in [-0.05, 0) is 37.5 Å². The lowest BCUT2D eigenvalue weighted by Gasteiger charge is -2.24. The quantitative estimate of drug-likeness (QED) is 0.725. The largest absolute Gasteiger partial charge is 0.478 e. The van der Waals surface area contributed by atoms with Gasteiger partial charge in [-0.2, -0.15) is 0 Å². The Morgan fingerprint density at radius 1 is 1.45 bits per heavy atom. The maximum atomic E-state index is 11.6. The normalized spacial score (nSPS) is 21.4. The molecule has 4 N–H and O–H groups in total. The molecule has 1 heterocycles. The standard InChI is InChI=1S/C13H18N2O4S/c1-8-5-10(6-11(12(8)14)13(16)17)15-9-3-2-4-20(18,19)7-9/h5-6,9,15H,2-4,7,14H2,1H3,(H,16,17). The molecule has 7 heteroatoms. The topological polar surface area (TPSA) is 109 Å². The molecule has 0 bridgehead atoms. The molecule has 1 aromatic carbocycles. The predicted molar refractivity (Wildman–Crippen MR) is 77.8 cm³/mol. The first-order valence-electron chi connectivity index (χ1n) is 6.39. The Hall–Kier alpha value is -1.76. The molecule has 1 saturated heterocycles. The van der Waals surface area contributed by atoms with E-state index in [-0.39, 0.29) is 28.8 Å². The molecule has 6 nitrogen and oxygen atoms in total. The summed E-state index contributed by atoms with van der Waals surface area (Å²) in [6, 6.07) is 3.01. The van der Waals surface area contributed by atoms with Crippen molar-refractivity contribution in [1.82, 2.24) is 0 Å². The number of hydrogen-bond acceptors (Lipinski definition) is 5. The highest BCUT2D eigenvalue weighted by molar-refractivity contribution is 7.91. The van der Waals surface area contributed by atoms with Gasteiger partial charge in [-0.3, -0.25) is 0 Å². The molecule has 2 rings (SSSR count). The predicted octanol–water partition coefficient (Wildman–Crippen LogP) is 1.26. The van der Waals surface area contributed by atoms with Gasteiger partial charge in [0.25, 0.3) is 0 Å². The molecule has 1 atom stereocenters. The van der Waals surface area contributed by atoms with Crippen molar-refractivity contribution in [3.63, 3.8) is 0 Å². The Kier molecular flexibility index (Phi) is 3.89. The lowest BCUT2D eigenvalue weighted by Crippen LogP contribution is -2.34. The zero-order valence-corrected chi connectivity index (χ0v) is 12.0. The number of benzene rings is 1. The SMILES string of the molecule is Cc1cc(NC2CCCS(=O)(=O)C2)cc(C(=O)O)c1N. The van der Waals surface area contributed by atoms with E-state index in [2.05, 4.69) is 5.32 Å². The third-order valence-corrected chi connectivity index (χ3v) is 5.27. The second-order valence-corrected chi connectivity index (χ2v) is 7.39. The van der Waals surface area contributed by atoms with Gasteiger partial charge in [-0.25, -0.2) is 13.2 Å². The lowest BCUT2D eigenvalue weighted by atomic mass is 10.1. The number of carboxylic acids is 1. The summed E-state index contributed by atoms with van der Waals surface area (Å²) >= 11 is 0. The van der Waals surface area contributed by atoms with Crippen LogP contribution in [0.5, 0.6) is 0 Å². The highest BCUT2D eigenvalue weighted by atomic mass is 32.2. The van der Waals surface area contributed by atoms with Crippen LogP contribution in [0.15, 0.2) is 12.1 Å². The highest BCUT2D eigenvalue weighted by Gasteiger charge is 2.25. The minimum absolute atomic E-state index is 0.0335. The van der Waals surface area contributed by atoms with Crippen LogP contribution in [0.4, 0.5) is 11.4 Å². The van der Waals surface area contributed by atoms with Crippen molar-refractivity contribution in [2.24, 2.45) is 0 Å². The van der Waals surface area contributed by atoms with Crippen LogP contribution in [0.25, 0.3) is 0 Å². The summed E-state index contributed by atoms with van der Waals surface area (Å²) in [6.07, 6.45) is 1.38. The molecule has 1 aromatic rings. The fourth-order valence-corrected chi connectivity index (χ4v) is 4.07. The minimum Gasteiger partial charge on any atom is -0.478 e. The first kappa shape index (κ1) is 14.6. The van der Waals surface area contributed by atoms with E-state index in [9.17, 15) is 13.2 Å². The molecule has 0 saturated carbocycles. The second kappa shape index (κ2) is 5.32. The van der Waals surface area contributed by atoms with Crippen molar-refractivity contribution in [2.75, 3.05) is 22.6 Å². The van der Waals surface area contributed by atoms with Crippen LogP contribution < -0.4 is 11.1 Å². The average Bonchev–Trinajstić information content (AvgIpc) is 2.32. The van der Waals surface area contributed by atoms with E-state index in [1.165, 1.54) is 6.07 Å². The number of aryl methyl sites for hydroxylation is 1. The van der Waals surface area contributed by atoms with Crippen LogP contribution in [-0.2, 0) is 9.84 Å². The summed E-state index contributed by atoms with van der Waals surface area (Å²) in [4.78, 5) is 11.1. The number of nitrogens with one attached hydrogen (secondary N) is 1. The molecule has 1 unspecified atom stereocenters. The first-order valence-corrected chi connectivity index (χ1v) is 8.21. The molecule has 0 radical (unpaired) electrons. The fraction of sp³-hybridized carbons (Fsp3) is 0.462. The minimum atomic E-state index is -3.00. The molecule has 0 aromatic heterocycles. The monoisotopic (exact) mass is 298 g/mol. The molecule has 110 valence electrons. The van der Waals surface area contributed by atoms with E-state index in [1.54, 1.807) is 13.0 Å². The van der Waals surface area contributed by atoms with Crippen LogP contribution in [0.2, 0.25) is 0 Å². The molecule has 0 aliphatic carbocycles. The number of sulfone groups is 1. The van der Waals surface area contributed by atoms with Crippen molar-refractivity contribution >= 4 is 27.2 Å². The van der Waals surface area contributed by atoms with E-state index in [4.69, 9.17) is 10.8 Å². The van der Waals surface area contributed by atoms with E-state index in [0.29, 0.717) is 17.7 Å². The van der Waals surface area contributed by atoms with Gasteiger partial charge in [-0.1, -0.05) is 0 Å². The molecule has 1 aliphatic rings. The Balaban J connectivity index is 2.24. The van der Waals surface area contributed by atoms with Crippen molar-refractivity contribution < 1.29 is 18.3 Å². The van der Waals surface area contributed by atoms with Crippen LogP contribution in [-0.4, -0.2) is 37.0 Å². The third kappa shape index (κ3) is 3.22. The van der Waals surface area contributed by atoms with Crippen molar-refractivity contribution in [2.45, 2.75) is 25.8 Å². The fourth-order valence-electron chi connectivity index (χ4n) is 2.43. The van der Waals surface area contributed by atoms with Gasteiger partial charge < -0.3 is 16.2 Å². The number of carboxylic acid groups (broad SMARTS) is 1. The Morgan fingerprint density at radius 2 is 2.15 bits per heavy atom. The molecular formula is C13H18N2O4S. The number of nitrogen functional groups attached to an aromatic ring is 1. The lowest BCUT2D eigenvalue weighted by molar-refractivity contribution is 0.0698. The Bertz CT molecular complexity index is 640. The second-order valence-electron chi connectivity index (χ2n) is 5.16. The molecule has 20 heavy (non-hydrogen) atoms. The Morgan fingerprint density at radius 3 is 2.75 bits per heavy atom. The summed E-state index contributed by atoms with van der Waals surface area (Å²) in [6.45, 7) is 1.73.